The van der Waals surface area contributed by atoms with Crippen LogP contribution in [0.2, 0.25) is 0 Å². The molecule has 1 aliphatic carbocycles. The van der Waals surface area contributed by atoms with Gasteiger partial charge in [-0.2, -0.15) is 5.10 Å². The number of aromatic amines is 1. The molecule has 1 saturated heterocycles. The number of hydrogen-bond donors (Lipinski definition) is 2. The number of aromatic hydroxyl groups is 1. The van der Waals surface area contributed by atoms with Crippen LogP contribution in [0, 0.1) is 53.9 Å². The summed E-state index contributed by atoms with van der Waals surface area (Å²) in [5, 5.41) is 15.9. The second kappa shape index (κ2) is 42.5. The highest BCUT2D eigenvalue weighted by atomic mass is 16.5. The molecule has 0 radical (unpaired) electrons. The fourth-order valence-corrected chi connectivity index (χ4v) is 7.24. The molecule has 2 fully saturated rings. The quantitative estimate of drug-likeness (QED) is 0.109. The number of phenols is 1. The summed E-state index contributed by atoms with van der Waals surface area (Å²) in [5.74, 6) is 7.12. The van der Waals surface area contributed by atoms with Gasteiger partial charge in [0.2, 0.25) is 6.54 Å². The fraction of sp³-hybridized carbons (Fsp3) is 0.672. The molecule has 4 aromatic rings. The highest BCUT2D eigenvalue weighted by Gasteiger charge is 2.16. The summed E-state index contributed by atoms with van der Waals surface area (Å²) in [6.45, 7) is 47.3. The van der Waals surface area contributed by atoms with Gasteiger partial charge in [0.25, 0.3) is 0 Å². The number of ether oxygens (including phenoxy) is 1. The number of phenolic OH excluding ortho intramolecular Hbond substituents is 1. The number of H-pyrrole nitrogens is 1. The number of nitrogens with zero attached hydrogens (tertiary/aromatic N) is 4. The molecule has 1 aliphatic heterocycles. The molecule has 1 saturated carbocycles. The van der Waals surface area contributed by atoms with E-state index in [-0.39, 0.29) is 0 Å². The zero-order chi connectivity index (χ0) is 53.4. The van der Waals surface area contributed by atoms with Crippen molar-refractivity contribution in [2.24, 2.45) is 47.3 Å². The van der Waals surface area contributed by atoms with Crippen molar-refractivity contribution in [3.63, 3.8) is 0 Å². The van der Waals surface area contributed by atoms with Crippen LogP contribution in [0.1, 0.15) is 197 Å². The van der Waals surface area contributed by atoms with Crippen molar-refractivity contribution in [1.29, 1.82) is 0 Å². The lowest BCUT2D eigenvalue weighted by molar-refractivity contribution is 0.0238. The molecule has 2 N–H and O–H groups in total. The van der Waals surface area contributed by atoms with Gasteiger partial charge in [0.1, 0.15) is 5.75 Å². The summed E-state index contributed by atoms with van der Waals surface area (Å²) in [6, 6.07) is 22.7. The van der Waals surface area contributed by atoms with E-state index in [1.165, 1.54) is 80.2 Å². The van der Waals surface area contributed by atoms with Crippen LogP contribution in [0.5, 0.6) is 5.75 Å². The van der Waals surface area contributed by atoms with Gasteiger partial charge in [0, 0.05) is 49.0 Å². The molecule has 2 aromatic carbocycles. The number of aryl methyl sites for hydroxylation is 4. The molecule has 402 valence electrons. The number of pyridine rings is 1. The molecule has 2 aromatic heterocycles. The SMILES string of the molecule is CC(C)C(C)C.CC(C)C1CCCCC1.CC(C)CCc1ccc(O)cc1.CC(C)CCc1cccnc1.CC(C)CCc1ccn[nH]1.CC(C)N1CCOCC1.[C-]#[N+]Cc1ccc(CCC(C)C)cc1. The Morgan fingerprint density at radius 2 is 1.06 bits per heavy atom. The van der Waals surface area contributed by atoms with E-state index in [9.17, 15) is 0 Å². The summed E-state index contributed by atoms with van der Waals surface area (Å²) >= 11 is 0. The van der Waals surface area contributed by atoms with Gasteiger partial charge in [0.15, 0.2) is 0 Å². The van der Waals surface area contributed by atoms with Crippen LogP contribution in [0.3, 0.4) is 0 Å². The van der Waals surface area contributed by atoms with Crippen LogP contribution in [0.4, 0.5) is 0 Å². The van der Waals surface area contributed by atoms with Gasteiger partial charge >= 0.3 is 0 Å². The molecule has 3 heterocycles. The molecule has 0 atom stereocenters. The molecule has 6 rings (SSSR count). The first-order valence-electron chi connectivity index (χ1n) is 28.1. The van der Waals surface area contributed by atoms with E-state index in [4.69, 9.17) is 16.4 Å². The molecule has 7 heteroatoms. The molecule has 0 bridgehead atoms. The lowest BCUT2D eigenvalue weighted by Gasteiger charge is -2.29. The summed E-state index contributed by atoms with van der Waals surface area (Å²) in [5.41, 5.74) is 6.40. The Morgan fingerprint density at radius 1 is 0.592 bits per heavy atom. The van der Waals surface area contributed by atoms with E-state index in [1.54, 1.807) is 18.3 Å². The Morgan fingerprint density at radius 3 is 1.42 bits per heavy atom. The maximum Gasteiger partial charge on any atom is 0.239 e. The number of rotatable bonds is 16. The van der Waals surface area contributed by atoms with Crippen LogP contribution >= 0.6 is 0 Å². The van der Waals surface area contributed by atoms with Gasteiger partial charge in [0.05, 0.1) is 13.2 Å². The Balaban J connectivity index is 0.000000814. The van der Waals surface area contributed by atoms with Gasteiger partial charge in [-0.15, -0.1) is 0 Å². The molecule has 0 spiro atoms. The van der Waals surface area contributed by atoms with E-state index in [0.717, 1.165) is 105 Å². The average Bonchev–Trinajstić information content (AvgIpc) is 3.89. The minimum Gasteiger partial charge on any atom is -0.508 e. The first-order chi connectivity index (χ1) is 33.7. The smallest absolute Gasteiger partial charge is 0.239 e. The summed E-state index contributed by atoms with van der Waals surface area (Å²) in [6.07, 6.45) is 22.5. The predicted octanol–water partition coefficient (Wildman–Crippen LogP) is 17.6. The monoisotopic (exact) mass is 980 g/mol. The number of morpholine rings is 1. The van der Waals surface area contributed by atoms with Crippen LogP contribution in [0.15, 0.2) is 85.3 Å². The Hall–Kier alpha value is -3.99. The average molecular weight is 981 g/mol. The normalized spacial score (nSPS) is 13.7. The minimum absolute atomic E-state index is 0.350. The molecular formula is C64H109N5O2. The van der Waals surface area contributed by atoms with Crippen molar-refractivity contribution in [2.45, 2.75) is 207 Å². The van der Waals surface area contributed by atoms with Crippen molar-refractivity contribution >= 4 is 0 Å². The molecule has 71 heavy (non-hydrogen) atoms. The third-order valence-corrected chi connectivity index (χ3v) is 13.2. The highest BCUT2D eigenvalue weighted by molar-refractivity contribution is 5.26. The maximum absolute atomic E-state index is 9.03. The molecule has 7 nitrogen and oxygen atoms in total. The third kappa shape index (κ3) is 40.2. The van der Waals surface area contributed by atoms with Crippen LogP contribution < -0.4 is 0 Å². The van der Waals surface area contributed by atoms with Crippen LogP contribution in [-0.4, -0.2) is 57.5 Å². The first-order valence-corrected chi connectivity index (χ1v) is 28.1. The topological polar surface area (TPSA) is 78.6 Å². The van der Waals surface area contributed by atoms with E-state index < -0.39 is 0 Å². The Kier molecular flexibility index (Phi) is 40.1. The standard InChI is InChI=1S/C13H17N.C11H16O.C10H15N.C9H18.C8H14N2.C7H15NO.C6H14/c1-11(2)4-5-12-6-8-13(9-7-12)10-14-3;1-9(2)3-4-10-5-7-11(12)8-6-10;1-9(2)5-6-10-4-3-7-11-8-10;1-8(2)9-6-4-3-5-7-9;1-7(2)3-4-8-5-6-9-10-8;1-7(2)8-3-5-9-6-4-8;1-5(2)6(3)4/h6-9,11H,4-5,10H2,1-2H3;5-9,12H,3-4H2,1-2H3;3-4,7-9H,5-6H2,1-2H3;8-9H,3-7H2,1-2H3;5-7H,3-4H2,1-2H3,(H,9,10);7H,3-6H2,1-2H3;5-6H,1-4H3. The molecular weight excluding hydrogens is 871 g/mol. The van der Waals surface area contributed by atoms with Crippen molar-refractivity contribution in [2.75, 3.05) is 26.3 Å². The highest BCUT2D eigenvalue weighted by Crippen LogP contribution is 2.29. The van der Waals surface area contributed by atoms with Crippen LogP contribution in [0.25, 0.3) is 4.85 Å². The lowest BCUT2D eigenvalue weighted by atomic mass is 9.82. The maximum atomic E-state index is 9.03. The summed E-state index contributed by atoms with van der Waals surface area (Å²) in [4.78, 5) is 9.86. The predicted molar refractivity (Wildman–Crippen MR) is 309 cm³/mol. The van der Waals surface area contributed by atoms with E-state index in [1.807, 2.05) is 36.7 Å². The van der Waals surface area contributed by atoms with E-state index >= 15 is 0 Å². The lowest BCUT2D eigenvalue weighted by Crippen LogP contribution is -2.40. The third-order valence-electron chi connectivity index (χ3n) is 13.2. The molecule has 0 unspecified atom stereocenters. The first kappa shape index (κ1) is 67.0. The minimum atomic E-state index is 0.350. The molecule has 0 amide bonds. The van der Waals surface area contributed by atoms with Gasteiger partial charge in [-0.05, 0) is 154 Å². The van der Waals surface area contributed by atoms with Gasteiger partial charge in [-0.1, -0.05) is 172 Å². The number of nitrogens with one attached hydrogen (secondary N) is 1. The fourth-order valence-electron chi connectivity index (χ4n) is 7.24. The van der Waals surface area contributed by atoms with Gasteiger partial charge < -0.3 is 14.7 Å². The Bertz CT molecular complexity index is 1740. The van der Waals surface area contributed by atoms with E-state index in [2.05, 4.69) is 166 Å². The molecule has 2 aliphatic rings. The summed E-state index contributed by atoms with van der Waals surface area (Å²) < 4.78 is 5.21. The summed E-state index contributed by atoms with van der Waals surface area (Å²) in [7, 11) is 0. The van der Waals surface area contributed by atoms with E-state index in [0.29, 0.717) is 18.3 Å². The number of aromatic nitrogens is 3. The number of benzene rings is 2. The van der Waals surface area contributed by atoms with Crippen LogP contribution in [-0.2, 0) is 37.0 Å². The largest absolute Gasteiger partial charge is 0.508 e. The van der Waals surface area contributed by atoms with Gasteiger partial charge in [-0.25, -0.2) is 6.57 Å². The zero-order valence-electron chi connectivity index (χ0n) is 48.7. The van der Waals surface area contributed by atoms with Crippen molar-refractivity contribution in [1.82, 2.24) is 20.1 Å². The Labute approximate surface area is 439 Å². The zero-order valence-corrected chi connectivity index (χ0v) is 48.7. The van der Waals surface area contributed by atoms with Gasteiger partial charge in [-0.3, -0.25) is 15.0 Å². The van der Waals surface area contributed by atoms with Crippen molar-refractivity contribution < 1.29 is 9.84 Å². The van der Waals surface area contributed by atoms with Crippen molar-refractivity contribution in [3.05, 3.63) is 125 Å². The van der Waals surface area contributed by atoms with Crippen molar-refractivity contribution in [3.8, 4) is 5.75 Å². The second-order valence-electron chi connectivity index (χ2n) is 22.8. The second-order valence-corrected chi connectivity index (χ2v) is 22.8. The number of hydrogen-bond acceptors (Lipinski definition) is 5.